The first kappa shape index (κ1) is 14.7. The van der Waals surface area contributed by atoms with E-state index in [0.717, 1.165) is 0 Å². The Kier molecular flexibility index (Phi) is 3.92. The first-order chi connectivity index (χ1) is 10.6. The number of hydrogen-bond donors (Lipinski definition) is 4. The second-order valence-electron chi connectivity index (χ2n) is 5.02. The molecule has 3 atom stereocenters. The average Bonchev–Trinajstić information content (AvgIpc) is 3.08. The number of aliphatic hydroxyl groups excluding tert-OH is 2. The minimum atomic E-state index is -0.771. The van der Waals surface area contributed by atoms with Crippen molar-refractivity contribution in [1.29, 1.82) is 0 Å². The van der Waals surface area contributed by atoms with Crippen LogP contribution in [-0.2, 0) is 4.74 Å². The van der Waals surface area contributed by atoms with Gasteiger partial charge in [0.1, 0.15) is 12.3 Å². The Morgan fingerprint density at radius 3 is 3.14 bits per heavy atom. The molecule has 118 valence electrons. The fraction of sp³-hybridized carbons (Fsp3) is 0.462. The SMILES string of the molecule is C=CCNc1nc2c(ncn2[C@H]2CC(O)[C@@H](CO)O2)c(=O)[nH]1. The zero-order valence-corrected chi connectivity index (χ0v) is 11.8. The van der Waals surface area contributed by atoms with Crippen LogP contribution in [0.15, 0.2) is 23.8 Å². The molecule has 0 amide bonds. The second kappa shape index (κ2) is 5.87. The molecule has 1 unspecified atom stereocenters. The highest BCUT2D eigenvalue weighted by atomic mass is 16.5. The Hall–Kier alpha value is -2.23. The Balaban J connectivity index is 1.98. The fourth-order valence-electron chi connectivity index (χ4n) is 2.44. The number of rotatable bonds is 5. The summed E-state index contributed by atoms with van der Waals surface area (Å²) in [6.45, 7) is 3.76. The number of nitrogens with zero attached hydrogens (tertiary/aromatic N) is 3. The molecule has 2 aromatic heterocycles. The lowest BCUT2D eigenvalue weighted by atomic mass is 10.2. The van der Waals surface area contributed by atoms with E-state index in [1.165, 1.54) is 6.33 Å². The number of H-pyrrole nitrogens is 1. The fourth-order valence-corrected chi connectivity index (χ4v) is 2.44. The van der Waals surface area contributed by atoms with Gasteiger partial charge >= 0.3 is 0 Å². The van der Waals surface area contributed by atoms with Crippen molar-refractivity contribution in [2.45, 2.75) is 24.9 Å². The molecule has 1 saturated heterocycles. The number of hydrogen-bond acceptors (Lipinski definition) is 7. The number of anilines is 1. The Bertz CT molecular complexity index is 740. The molecular weight excluding hydrogens is 290 g/mol. The van der Waals surface area contributed by atoms with E-state index in [9.17, 15) is 9.90 Å². The van der Waals surface area contributed by atoms with Gasteiger partial charge in [-0.3, -0.25) is 14.3 Å². The first-order valence-corrected chi connectivity index (χ1v) is 6.90. The molecule has 22 heavy (non-hydrogen) atoms. The third-order valence-electron chi connectivity index (χ3n) is 3.54. The van der Waals surface area contributed by atoms with Crippen LogP contribution in [0.2, 0.25) is 0 Å². The largest absolute Gasteiger partial charge is 0.394 e. The minimum Gasteiger partial charge on any atom is -0.394 e. The summed E-state index contributed by atoms with van der Waals surface area (Å²) < 4.78 is 7.16. The third-order valence-corrected chi connectivity index (χ3v) is 3.54. The number of aromatic amines is 1. The van der Waals surface area contributed by atoms with Gasteiger partial charge in [-0.05, 0) is 0 Å². The van der Waals surface area contributed by atoms with Gasteiger partial charge in [0.05, 0.1) is 19.0 Å². The normalized spacial score (nSPS) is 24.7. The minimum absolute atomic E-state index is 0.190. The molecule has 3 rings (SSSR count). The number of nitrogens with one attached hydrogen (secondary N) is 2. The molecule has 9 nitrogen and oxygen atoms in total. The molecule has 0 spiro atoms. The molecule has 0 aliphatic carbocycles. The third kappa shape index (κ3) is 2.49. The summed E-state index contributed by atoms with van der Waals surface area (Å²) in [5.41, 5.74) is 0.174. The van der Waals surface area contributed by atoms with E-state index in [-0.39, 0.29) is 17.7 Å². The van der Waals surface area contributed by atoms with Crippen molar-refractivity contribution in [3.05, 3.63) is 29.3 Å². The Morgan fingerprint density at radius 2 is 2.45 bits per heavy atom. The van der Waals surface area contributed by atoms with E-state index in [2.05, 4.69) is 26.8 Å². The van der Waals surface area contributed by atoms with Crippen LogP contribution in [-0.4, -0.2) is 55.1 Å². The van der Waals surface area contributed by atoms with E-state index in [4.69, 9.17) is 9.84 Å². The number of ether oxygens (including phenoxy) is 1. The highest BCUT2D eigenvalue weighted by Crippen LogP contribution is 2.30. The van der Waals surface area contributed by atoms with Crippen LogP contribution in [0.25, 0.3) is 11.2 Å². The van der Waals surface area contributed by atoms with Gasteiger partial charge in [0, 0.05) is 13.0 Å². The van der Waals surface area contributed by atoms with E-state index in [1.807, 2.05) is 0 Å². The second-order valence-corrected chi connectivity index (χ2v) is 5.02. The topological polar surface area (TPSA) is 125 Å². The van der Waals surface area contributed by atoms with Crippen molar-refractivity contribution in [3.8, 4) is 0 Å². The van der Waals surface area contributed by atoms with E-state index < -0.39 is 18.4 Å². The van der Waals surface area contributed by atoms with Gasteiger partial charge in [-0.15, -0.1) is 6.58 Å². The van der Waals surface area contributed by atoms with Crippen molar-refractivity contribution >= 4 is 17.1 Å². The number of fused-ring (bicyclic) bond motifs is 1. The van der Waals surface area contributed by atoms with Crippen LogP contribution in [0.3, 0.4) is 0 Å². The summed E-state index contributed by atoms with van der Waals surface area (Å²) in [5.74, 6) is 0.302. The molecule has 9 heteroatoms. The van der Waals surface area contributed by atoms with E-state index in [0.29, 0.717) is 24.6 Å². The lowest BCUT2D eigenvalue weighted by Gasteiger charge is -2.13. The summed E-state index contributed by atoms with van der Waals surface area (Å²) in [4.78, 5) is 23.0. The van der Waals surface area contributed by atoms with Gasteiger partial charge in [-0.25, -0.2) is 4.98 Å². The van der Waals surface area contributed by atoms with Crippen LogP contribution >= 0.6 is 0 Å². The monoisotopic (exact) mass is 307 g/mol. The maximum atomic E-state index is 12.0. The molecule has 4 N–H and O–H groups in total. The molecule has 0 radical (unpaired) electrons. The van der Waals surface area contributed by atoms with Gasteiger partial charge in [0.2, 0.25) is 5.95 Å². The first-order valence-electron chi connectivity index (χ1n) is 6.90. The summed E-state index contributed by atoms with van der Waals surface area (Å²) in [7, 11) is 0. The highest BCUT2D eigenvalue weighted by Gasteiger charge is 2.35. The summed E-state index contributed by atoms with van der Waals surface area (Å²) in [6.07, 6.45) is 1.43. The highest BCUT2D eigenvalue weighted by molar-refractivity contribution is 5.70. The van der Waals surface area contributed by atoms with Crippen molar-refractivity contribution in [2.24, 2.45) is 0 Å². The van der Waals surface area contributed by atoms with Crippen LogP contribution in [0.5, 0.6) is 0 Å². The van der Waals surface area contributed by atoms with E-state index >= 15 is 0 Å². The number of aromatic nitrogens is 4. The lowest BCUT2D eigenvalue weighted by molar-refractivity contribution is -0.0432. The molecule has 0 saturated carbocycles. The Morgan fingerprint density at radius 1 is 1.64 bits per heavy atom. The van der Waals surface area contributed by atoms with Crippen LogP contribution < -0.4 is 10.9 Å². The lowest BCUT2D eigenvalue weighted by Crippen LogP contribution is -2.24. The summed E-state index contributed by atoms with van der Waals surface area (Å²) >= 11 is 0. The molecule has 1 aliphatic rings. The van der Waals surface area contributed by atoms with Crippen molar-refractivity contribution < 1.29 is 14.9 Å². The summed E-state index contributed by atoms with van der Waals surface area (Å²) in [5, 5.41) is 21.9. The molecule has 1 fully saturated rings. The van der Waals surface area contributed by atoms with Crippen LogP contribution in [0, 0.1) is 0 Å². The van der Waals surface area contributed by atoms with Crippen LogP contribution in [0.4, 0.5) is 5.95 Å². The molecular formula is C13H17N5O4. The standard InChI is InChI=1S/C13H17N5O4/c1-2-3-14-13-16-11-10(12(21)17-13)15-6-18(11)9-4-7(20)8(5-19)22-9/h2,6-9,19-20H,1,3-5H2,(H2,14,16,17,21)/t7?,8-,9-/m1/s1. The van der Waals surface area contributed by atoms with E-state index in [1.54, 1.807) is 10.6 Å². The maximum absolute atomic E-state index is 12.0. The Labute approximate surface area is 125 Å². The van der Waals surface area contributed by atoms with Gasteiger partial charge in [-0.2, -0.15) is 4.98 Å². The maximum Gasteiger partial charge on any atom is 0.280 e. The quantitative estimate of drug-likeness (QED) is 0.541. The average molecular weight is 307 g/mol. The predicted octanol–water partition coefficient (Wildman–Crippen LogP) is -0.642. The molecule has 3 heterocycles. The van der Waals surface area contributed by atoms with Gasteiger partial charge in [0.25, 0.3) is 5.56 Å². The summed E-state index contributed by atoms with van der Waals surface area (Å²) in [6, 6.07) is 0. The molecule has 2 aromatic rings. The predicted molar refractivity (Wildman–Crippen MR) is 78.5 cm³/mol. The molecule has 1 aliphatic heterocycles. The smallest absolute Gasteiger partial charge is 0.280 e. The molecule has 0 aromatic carbocycles. The van der Waals surface area contributed by atoms with Gasteiger partial charge in [-0.1, -0.05) is 6.08 Å². The van der Waals surface area contributed by atoms with Crippen molar-refractivity contribution in [3.63, 3.8) is 0 Å². The van der Waals surface area contributed by atoms with Gasteiger partial charge < -0.3 is 20.3 Å². The number of aliphatic hydroxyl groups is 2. The zero-order chi connectivity index (χ0) is 15.7. The zero-order valence-electron chi connectivity index (χ0n) is 11.8. The van der Waals surface area contributed by atoms with Gasteiger partial charge in [0.15, 0.2) is 11.2 Å². The van der Waals surface area contributed by atoms with Crippen molar-refractivity contribution in [1.82, 2.24) is 19.5 Å². The van der Waals surface area contributed by atoms with Crippen molar-refractivity contribution in [2.75, 3.05) is 18.5 Å². The molecule has 0 bridgehead atoms. The number of imidazole rings is 1. The van der Waals surface area contributed by atoms with Crippen LogP contribution in [0.1, 0.15) is 12.6 Å².